The number of aliphatic imine (C=N–C) groups is 1. The molecule has 124 valence electrons. The maximum atomic E-state index is 4.71. The number of halogens is 1. The van der Waals surface area contributed by atoms with Crippen LogP contribution >= 0.6 is 27.3 Å². The van der Waals surface area contributed by atoms with Gasteiger partial charge in [-0.1, -0.05) is 0 Å². The monoisotopic (exact) mass is 386 g/mol. The van der Waals surface area contributed by atoms with Gasteiger partial charge in [0, 0.05) is 31.7 Å². The highest BCUT2D eigenvalue weighted by Crippen LogP contribution is 2.21. The molecule has 1 fully saturated rings. The topological polar surface area (TPSA) is 39.7 Å². The van der Waals surface area contributed by atoms with Gasteiger partial charge < -0.3 is 15.5 Å². The molecule has 1 aromatic heterocycles. The predicted molar refractivity (Wildman–Crippen MR) is 99.7 cm³/mol. The highest BCUT2D eigenvalue weighted by atomic mass is 79.9. The standard InChI is InChI=1S/C16H27BrN4S/c1-4-18-16(19-10-13-9-15(17)22-11-13)20-14-5-7-21(8-6-14)12(2)3/h9,11-12,14H,4-8,10H2,1-3H3,(H2,18,19,20). The zero-order valence-electron chi connectivity index (χ0n) is 13.7. The summed E-state index contributed by atoms with van der Waals surface area (Å²) in [4.78, 5) is 7.26. The minimum absolute atomic E-state index is 0.530. The molecule has 0 bridgehead atoms. The minimum Gasteiger partial charge on any atom is -0.357 e. The fourth-order valence-electron chi connectivity index (χ4n) is 2.67. The Labute approximate surface area is 146 Å². The first kappa shape index (κ1) is 17.8. The van der Waals surface area contributed by atoms with Crippen LogP contribution in [0.15, 0.2) is 20.2 Å². The Balaban J connectivity index is 1.86. The van der Waals surface area contributed by atoms with Gasteiger partial charge in [-0.2, -0.15) is 0 Å². The number of hydrogen-bond donors (Lipinski definition) is 2. The fourth-order valence-corrected chi connectivity index (χ4v) is 3.87. The fraction of sp³-hybridized carbons (Fsp3) is 0.688. The normalized spacial score (nSPS) is 18.0. The summed E-state index contributed by atoms with van der Waals surface area (Å²) in [5.74, 6) is 0.938. The Kier molecular flexibility index (Phi) is 7.18. The van der Waals surface area contributed by atoms with Gasteiger partial charge in [0.05, 0.1) is 10.3 Å². The number of thiophene rings is 1. The van der Waals surface area contributed by atoms with E-state index in [-0.39, 0.29) is 0 Å². The van der Waals surface area contributed by atoms with E-state index < -0.39 is 0 Å². The maximum absolute atomic E-state index is 4.71. The van der Waals surface area contributed by atoms with Crippen LogP contribution < -0.4 is 10.6 Å². The van der Waals surface area contributed by atoms with Crippen LogP contribution in [0.25, 0.3) is 0 Å². The van der Waals surface area contributed by atoms with Gasteiger partial charge in [0.1, 0.15) is 0 Å². The van der Waals surface area contributed by atoms with Crippen LogP contribution in [0.4, 0.5) is 0 Å². The highest BCUT2D eigenvalue weighted by molar-refractivity contribution is 9.11. The molecular formula is C16H27BrN4S. The first-order valence-electron chi connectivity index (χ1n) is 8.10. The third-order valence-electron chi connectivity index (χ3n) is 3.99. The van der Waals surface area contributed by atoms with Gasteiger partial charge in [-0.15, -0.1) is 11.3 Å². The van der Waals surface area contributed by atoms with Crippen LogP contribution in [-0.4, -0.2) is 42.6 Å². The van der Waals surface area contributed by atoms with Crippen LogP contribution in [0.5, 0.6) is 0 Å². The van der Waals surface area contributed by atoms with Crippen LogP contribution in [0, 0.1) is 0 Å². The number of piperidine rings is 1. The van der Waals surface area contributed by atoms with Crippen molar-refractivity contribution in [1.29, 1.82) is 0 Å². The quantitative estimate of drug-likeness (QED) is 0.601. The van der Waals surface area contributed by atoms with E-state index in [0.29, 0.717) is 12.1 Å². The molecule has 0 aliphatic carbocycles. The van der Waals surface area contributed by atoms with Crippen LogP contribution in [0.2, 0.25) is 0 Å². The van der Waals surface area contributed by atoms with Gasteiger partial charge in [0.25, 0.3) is 0 Å². The Morgan fingerprint density at radius 1 is 1.45 bits per heavy atom. The summed E-state index contributed by atoms with van der Waals surface area (Å²) in [7, 11) is 0. The molecule has 22 heavy (non-hydrogen) atoms. The minimum atomic E-state index is 0.530. The lowest BCUT2D eigenvalue weighted by molar-refractivity contribution is 0.167. The molecule has 0 aromatic carbocycles. The van der Waals surface area contributed by atoms with Gasteiger partial charge in [-0.05, 0) is 66.6 Å². The van der Waals surface area contributed by atoms with E-state index in [2.05, 4.69) is 63.7 Å². The molecule has 1 saturated heterocycles. The number of guanidine groups is 1. The van der Waals surface area contributed by atoms with E-state index in [0.717, 1.165) is 22.8 Å². The van der Waals surface area contributed by atoms with Gasteiger partial charge in [0.15, 0.2) is 5.96 Å². The van der Waals surface area contributed by atoms with E-state index >= 15 is 0 Å². The first-order chi connectivity index (χ1) is 10.6. The van der Waals surface area contributed by atoms with Crippen molar-refractivity contribution >= 4 is 33.2 Å². The lowest BCUT2D eigenvalue weighted by Gasteiger charge is -2.35. The van der Waals surface area contributed by atoms with Crippen molar-refractivity contribution in [1.82, 2.24) is 15.5 Å². The highest BCUT2D eigenvalue weighted by Gasteiger charge is 2.21. The Morgan fingerprint density at radius 3 is 2.73 bits per heavy atom. The van der Waals surface area contributed by atoms with Gasteiger partial charge >= 0.3 is 0 Å². The summed E-state index contributed by atoms with van der Waals surface area (Å²) in [5.41, 5.74) is 1.25. The SMILES string of the molecule is CCNC(=NCc1csc(Br)c1)NC1CCN(C(C)C)CC1. The van der Waals surface area contributed by atoms with Gasteiger partial charge in [-0.3, -0.25) is 0 Å². The lowest BCUT2D eigenvalue weighted by Crippen LogP contribution is -2.49. The first-order valence-corrected chi connectivity index (χ1v) is 9.77. The average Bonchev–Trinajstić information content (AvgIpc) is 2.91. The van der Waals surface area contributed by atoms with Crippen molar-refractivity contribution in [2.75, 3.05) is 19.6 Å². The number of nitrogens with one attached hydrogen (secondary N) is 2. The summed E-state index contributed by atoms with van der Waals surface area (Å²) in [6.45, 7) is 10.6. The molecule has 2 N–H and O–H groups in total. The van der Waals surface area contributed by atoms with Crippen LogP contribution in [0.3, 0.4) is 0 Å². The number of nitrogens with zero attached hydrogens (tertiary/aromatic N) is 2. The molecule has 0 atom stereocenters. The van der Waals surface area contributed by atoms with Crippen molar-refractivity contribution in [2.24, 2.45) is 4.99 Å². The Bertz CT molecular complexity index is 478. The second kappa shape index (κ2) is 8.89. The van der Waals surface area contributed by atoms with Crippen LogP contribution in [-0.2, 0) is 6.54 Å². The molecule has 0 amide bonds. The molecular weight excluding hydrogens is 360 g/mol. The van der Waals surface area contributed by atoms with Crippen molar-refractivity contribution in [3.63, 3.8) is 0 Å². The summed E-state index contributed by atoms with van der Waals surface area (Å²) in [6.07, 6.45) is 2.37. The lowest BCUT2D eigenvalue weighted by atomic mass is 10.0. The summed E-state index contributed by atoms with van der Waals surface area (Å²) >= 11 is 5.21. The van der Waals surface area contributed by atoms with Crippen LogP contribution in [0.1, 0.15) is 39.2 Å². The third-order valence-corrected chi connectivity index (χ3v) is 5.54. The van der Waals surface area contributed by atoms with Gasteiger partial charge in [0.2, 0.25) is 0 Å². The Morgan fingerprint density at radius 2 is 2.18 bits per heavy atom. The molecule has 0 spiro atoms. The summed E-state index contributed by atoms with van der Waals surface area (Å²) < 4.78 is 1.16. The number of rotatable bonds is 5. The predicted octanol–water partition coefficient (Wildman–Crippen LogP) is 3.44. The molecule has 0 saturated carbocycles. The van der Waals surface area contributed by atoms with Crippen molar-refractivity contribution in [2.45, 2.75) is 52.2 Å². The van der Waals surface area contributed by atoms with Crippen molar-refractivity contribution in [3.05, 3.63) is 20.8 Å². The van der Waals surface area contributed by atoms with E-state index in [1.54, 1.807) is 11.3 Å². The molecule has 0 unspecified atom stereocenters. The second-order valence-corrected chi connectivity index (χ2v) is 8.29. The van der Waals surface area contributed by atoms with E-state index in [1.165, 1.54) is 31.5 Å². The zero-order chi connectivity index (χ0) is 15.9. The molecule has 4 nitrogen and oxygen atoms in total. The van der Waals surface area contributed by atoms with E-state index in [9.17, 15) is 0 Å². The summed E-state index contributed by atoms with van der Waals surface area (Å²) in [5, 5.41) is 9.11. The zero-order valence-corrected chi connectivity index (χ0v) is 16.1. The van der Waals surface area contributed by atoms with E-state index in [4.69, 9.17) is 4.99 Å². The molecule has 1 aliphatic heterocycles. The molecule has 0 radical (unpaired) electrons. The molecule has 1 aliphatic rings. The number of hydrogen-bond acceptors (Lipinski definition) is 3. The molecule has 2 heterocycles. The maximum Gasteiger partial charge on any atom is 0.191 e. The van der Waals surface area contributed by atoms with Crippen molar-refractivity contribution in [3.8, 4) is 0 Å². The molecule has 6 heteroatoms. The number of likely N-dealkylation sites (tertiary alicyclic amines) is 1. The van der Waals surface area contributed by atoms with Crippen molar-refractivity contribution < 1.29 is 0 Å². The average molecular weight is 387 g/mol. The van der Waals surface area contributed by atoms with Gasteiger partial charge in [-0.25, -0.2) is 4.99 Å². The molecule has 1 aromatic rings. The third kappa shape index (κ3) is 5.56. The Hall–Kier alpha value is -0.590. The largest absolute Gasteiger partial charge is 0.357 e. The smallest absolute Gasteiger partial charge is 0.191 e. The molecule has 2 rings (SSSR count). The second-order valence-electron chi connectivity index (χ2n) is 6.00. The summed E-state index contributed by atoms with van der Waals surface area (Å²) in [6, 6.07) is 3.32. The van der Waals surface area contributed by atoms with E-state index in [1.807, 2.05) is 0 Å².